The van der Waals surface area contributed by atoms with Crippen LogP contribution in [0.1, 0.15) is 38.4 Å². The van der Waals surface area contributed by atoms with Gasteiger partial charge in [-0.25, -0.2) is 9.37 Å². The Hall–Kier alpha value is -2.48. The molecule has 3 N–H and O–H groups in total. The normalized spacial score (nSPS) is 22.9. The van der Waals surface area contributed by atoms with Crippen LogP contribution >= 0.6 is 0 Å². The van der Waals surface area contributed by atoms with Crippen molar-refractivity contribution in [2.75, 3.05) is 13.1 Å². The van der Waals surface area contributed by atoms with E-state index < -0.39 is 17.5 Å². The van der Waals surface area contributed by atoms with Gasteiger partial charge >= 0.3 is 5.97 Å². The Kier molecular flexibility index (Phi) is 5.46. The second kappa shape index (κ2) is 7.64. The van der Waals surface area contributed by atoms with Crippen LogP contribution in [0.5, 0.6) is 0 Å². The van der Waals surface area contributed by atoms with E-state index in [0.29, 0.717) is 42.7 Å². The van der Waals surface area contributed by atoms with Crippen molar-refractivity contribution >= 4 is 22.9 Å². The number of H-pyrrole nitrogens is 1. The summed E-state index contributed by atoms with van der Waals surface area (Å²) in [7, 11) is 0. The molecule has 1 aliphatic rings. The number of hydrogen-bond donors (Lipinski definition) is 3. The second-order valence-corrected chi connectivity index (χ2v) is 7.18. The number of nitrogens with one attached hydrogen (secondary N) is 1. The summed E-state index contributed by atoms with van der Waals surface area (Å²) in [5, 5.41) is 19.9. The summed E-state index contributed by atoms with van der Waals surface area (Å²) < 4.78 is 13.3. The van der Waals surface area contributed by atoms with E-state index in [0.717, 1.165) is 0 Å². The molecule has 0 saturated carbocycles. The van der Waals surface area contributed by atoms with Crippen LogP contribution < -0.4 is 0 Å². The average molecular weight is 377 g/mol. The van der Waals surface area contributed by atoms with Crippen molar-refractivity contribution in [1.82, 2.24) is 14.9 Å². The lowest BCUT2D eigenvalue weighted by Crippen LogP contribution is -2.57. The summed E-state index contributed by atoms with van der Waals surface area (Å²) in [5.74, 6) is -1.01. The number of carboxylic acids is 1. The number of carboxylic acid groups (broad SMARTS) is 1. The average Bonchev–Trinajstić information content (AvgIpc) is 3.03. The van der Waals surface area contributed by atoms with Crippen molar-refractivity contribution in [2.45, 2.75) is 45.1 Å². The zero-order chi connectivity index (χ0) is 19.6. The van der Waals surface area contributed by atoms with Gasteiger partial charge in [0.25, 0.3) is 0 Å². The molecular weight excluding hydrogens is 353 g/mol. The first-order chi connectivity index (χ1) is 12.9. The summed E-state index contributed by atoms with van der Waals surface area (Å²) in [6.45, 7) is 2.22. The fraction of sp³-hybridized carbons (Fsp3) is 0.526. The number of aliphatic carboxylic acids is 1. The highest BCUT2D eigenvalue weighted by molar-refractivity contribution is 5.80. The molecular formula is C19H24FN3O4. The molecule has 1 amide bonds. The van der Waals surface area contributed by atoms with Gasteiger partial charge in [0.15, 0.2) is 0 Å². The molecule has 3 rings (SSSR count). The van der Waals surface area contributed by atoms with Crippen molar-refractivity contribution in [3.8, 4) is 0 Å². The van der Waals surface area contributed by atoms with Crippen molar-refractivity contribution in [1.29, 1.82) is 0 Å². The number of fused-ring (bicyclic) bond motifs is 1. The summed E-state index contributed by atoms with van der Waals surface area (Å²) in [4.78, 5) is 33.3. The van der Waals surface area contributed by atoms with Crippen LogP contribution in [0.15, 0.2) is 18.2 Å². The highest BCUT2D eigenvalue weighted by atomic mass is 19.1. The molecule has 2 heterocycles. The molecule has 1 aromatic carbocycles. The van der Waals surface area contributed by atoms with Gasteiger partial charge in [-0.3, -0.25) is 9.59 Å². The van der Waals surface area contributed by atoms with E-state index in [1.54, 1.807) is 6.07 Å². The lowest BCUT2D eigenvalue weighted by molar-refractivity contribution is -0.166. The topological polar surface area (TPSA) is 107 Å². The minimum Gasteiger partial charge on any atom is -0.481 e. The van der Waals surface area contributed by atoms with Gasteiger partial charge in [-0.05, 0) is 31.0 Å². The van der Waals surface area contributed by atoms with E-state index in [-0.39, 0.29) is 31.1 Å². The van der Waals surface area contributed by atoms with Crippen molar-refractivity contribution in [2.24, 2.45) is 5.41 Å². The molecule has 2 atom stereocenters. The van der Waals surface area contributed by atoms with E-state index in [1.807, 2.05) is 6.92 Å². The predicted molar refractivity (Wildman–Crippen MR) is 96.6 cm³/mol. The third-order valence-corrected chi connectivity index (χ3v) is 5.33. The number of halogens is 1. The molecule has 1 fully saturated rings. The molecule has 0 unspecified atom stereocenters. The van der Waals surface area contributed by atoms with Crippen LogP contribution in [0.2, 0.25) is 0 Å². The fourth-order valence-corrected chi connectivity index (χ4v) is 3.84. The first kappa shape index (κ1) is 19.3. The SMILES string of the molecule is CCC[C@@]1(C(=O)O)CN(C(=O)CCc2nc3ccc(F)cc3[nH]2)CC[C@H]1O. The van der Waals surface area contributed by atoms with E-state index >= 15 is 0 Å². The van der Waals surface area contributed by atoms with Crippen molar-refractivity contribution in [3.05, 3.63) is 29.8 Å². The number of imidazole rings is 1. The number of aliphatic hydroxyl groups is 1. The summed E-state index contributed by atoms with van der Waals surface area (Å²) in [6, 6.07) is 4.26. The fourth-order valence-electron chi connectivity index (χ4n) is 3.84. The molecule has 0 bridgehead atoms. The molecule has 27 heavy (non-hydrogen) atoms. The number of rotatable bonds is 6. The molecule has 1 aromatic heterocycles. The number of hydrogen-bond acceptors (Lipinski definition) is 4. The van der Waals surface area contributed by atoms with E-state index in [4.69, 9.17) is 0 Å². The van der Waals surface area contributed by atoms with Crippen LogP contribution in [0, 0.1) is 11.2 Å². The van der Waals surface area contributed by atoms with Gasteiger partial charge in [0.2, 0.25) is 5.91 Å². The predicted octanol–water partition coefficient (Wildman–Crippen LogP) is 2.10. The molecule has 1 aliphatic heterocycles. The summed E-state index contributed by atoms with van der Waals surface area (Å²) in [6.07, 6.45) is 0.748. The maximum Gasteiger partial charge on any atom is 0.314 e. The van der Waals surface area contributed by atoms with E-state index in [2.05, 4.69) is 9.97 Å². The summed E-state index contributed by atoms with van der Waals surface area (Å²) in [5.41, 5.74) is -0.0984. The smallest absolute Gasteiger partial charge is 0.314 e. The van der Waals surface area contributed by atoms with Crippen LogP contribution in [0.25, 0.3) is 11.0 Å². The Morgan fingerprint density at radius 1 is 1.44 bits per heavy atom. The molecule has 7 nitrogen and oxygen atoms in total. The molecule has 1 saturated heterocycles. The number of aromatic amines is 1. The Balaban J connectivity index is 1.67. The molecule has 8 heteroatoms. The van der Waals surface area contributed by atoms with Crippen molar-refractivity contribution < 1.29 is 24.2 Å². The first-order valence-corrected chi connectivity index (χ1v) is 9.19. The number of aryl methyl sites for hydroxylation is 1. The maximum absolute atomic E-state index is 13.3. The number of amides is 1. The minimum absolute atomic E-state index is 0.0154. The number of aromatic nitrogens is 2. The van der Waals surface area contributed by atoms with Gasteiger partial charge in [-0.15, -0.1) is 0 Å². The largest absolute Gasteiger partial charge is 0.481 e. The van der Waals surface area contributed by atoms with Gasteiger partial charge in [0, 0.05) is 25.9 Å². The molecule has 146 valence electrons. The van der Waals surface area contributed by atoms with Crippen LogP contribution in [-0.4, -0.2) is 56.2 Å². The first-order valence-electron chi connectivity index (χ1n) is 9.19. The van der Waals surface area contributed by atoms with Gasteiger partial charge < -0.3 is 20.1 Å². The third kappa shape index (κ3) is 3.80. The maximum atomic E-state index is 13.3. The molecule has 2 aromatic rings. The lowest BCUT2D eigenvalue weighted by Gasteiger charge is -2.43. The Bertz CT molecular complexity index is 853. The Morgan fingerprint density at radius 3 is 2.93 bits per heavy atom. The minimum atomic E-state index is -1.31. The number of benzene rings is 1. The zero-order valence-corrected chi connectivity index (χ0v) is 15.2. The third-order valence-electron chi connectivity index (χ3n) is 5.33. The van der Waals surface area contributed by atoms with E-state index in [9.17, 15) is 24.2 Å². The number of carbonyl (C=O) groups excluding carboxylic acids is 1. The number of nitrogens with zero attached hydrogens (tertiary/aromatic N) is 2. The standard InChI is InChI=1S/C19H24FN3O4/c1-2-8-19(18(26)27)11-23(9-7-15(19)24)17(25)6-5-16-21-13-4-3-12(20)10-14(13)22-16/h3-4,10,15,24H,2,5-9,11H2,1H3,(H,21,22)(H,26,27)/t15-,19-/m1/s1. The monoisotopic (exact) mass is 377 g/mol. The van der Waals surface area contributed by atoms with E-state index in [1.165, 1.54) is 17.0 Å². The lowest BCUT2D eigenvalue weighted by atomic mass is 9.74. The van der Waals surface area contributed by atoms with Gasteiger partial charge in [0.05, 0.1) is 17.1 Å². The Labute approximate surface area is 156 Å². The number of piperidine rings is 1. The quantitative estimate of drug-likeness (QED) is 0.715. The van der Waals surface area contributed by atoms with Crippen LogP contribution in [0.3, 0.4) is 0 Å². The molecule has 0 spiro atoms. The summed E-state index contributed by atoms with van der Waals surface area (Å²) >= 11 is 0. The second-order valence-electron chi connectivity index (χ2n) is 7.18. The number of aliphatic hydroxyl groups excluding tert-OH is 1. The van der Waals surface area contributed by atoms with Crippen molar-refractivity contribution in [3.63, 3.8) is 0 Å². The number of likely N-dealkylation sites (tertiary alicyclic amines) is 1. The highest BCUT2D eigenvalue weighted by Gasteiger charge is 2.49. The van der Waals surface area contributed by atoms with Gasteiger partial charge in [-0.2, -0.15) is 0 Å². The van der Waals surface area contributed by atoms with Crippen LogP contribution in [-0.2, 0) is 16.0 Å². The molecule has 0 radical (unpaired) electrons. The zero-order valence-electron chi connectivity index (χ0n) is 15.2. The number of carbonyl (C=O) groups is 2. The molecule has 0 aliphatic carbocycles. The highest BCUT2D eigenvalue weighted by Crippen LogP contribution is 2.35. The van der Waals surface area contributed by atoms with Gasteiger partial charge in [0.1, 0.15) is 17.1 Å². The Morgan fingerprint density at radius 2 is 2.22 bits per heavy atom. The van der Waals surface area contributed by atoms with Crippen LogP contribution in [0.4, 0.5) is 4.39 Å². The van der Waals surface area contributed by atoms with Gasteiger partial charge in [-0.1, -0.05) is 13.3 Å².